The summed E-state index contributed by atoms with van der Waals surface area (Å²) in [5, 5.41) is 0. The predicted molar refractivity (Wildman–Crippen MR) is 256 cm³/mol. The minimum atomic E-state index is -0.767. The summed E-state index contributed by atoms with van der Waals surface area (Å²) in [6.45, 7) is 6.65. The van der Waals surface area contributed by atoms with Crippen LogP contribution in [0.4, 0.5) is 0 Å². The third-order valence-electron chi connectivity index (χ3n) is 12.0. The van der Waals surface area contributed by atoms with E-state index in [1.807, 2.05) is 0 Å². The lowest BCUT2D eigenvalue weighted by Crippen LogP contribution is -2.30. The number of unbranched alkanes of at least 4 members (excludes halogenated alkanes) is 36. The second kappa shape index (κ2) is 49.8. The largest absolute Gasteiger partial charge is 0.462 e. The van der Waals surface area contributed by atoms with E-state index in [1.165, 1.54) is 193 Å². The summed E-state index contributed by atoms with van der Waals surface area (Å²) in [4.78, 5) is 37.9. The van der Waals surface area contributed by atoms with Crippen molar-refractivity contribution in [2.45, 2.75) is 303 Å². The number of rotatable bonds is 49. The molecule has 0 heterocycles. The van der Waals surface area contributed by atoms with Crippen molar-refractivity contribution >= 4 is 17.9 Å². The Labute approximate surface area is 373 Å². The molecule has 0 saturated heterocycles. The summed E-state index contributed by atoms with van der Waals surface area (Å²) in [7, 11) is 0. The molecule has 0 rings (SSSR count). The highest BCUT2D eigenvalue weighted by atomic mass is 16.6. The maximum Gasteiger partial charge on any atom is 0.306 e. The third-order valence-corrected chi connectivity index (χ3v) is 12.0. The lowest BCUT2D eigenvalue weighted by molar-refractivity contribution is -0.167. The fourth-order valence-electron chi connectivity index (χ4n) is 7.97. The Morgan fingerprint density at radius 1 is 0.317 bits per heavy atom. The zero-order valence-corrected chi connectivity index (χ0v) is 40.5. The fourth-order valence-corrected chi connectivity index (χ4v) is 7.97. The highest BCUT2D eigenvalue weighted by molar-refractivity contribution is 5.71. The molecule has 0 aliphatic carbocycles. The summed E-state index contributed by atoms with van der Waals surface area (Å²) >= 11 is 0. The van der Waals surface area contributed by atoms with Gasteiger partial charge < -0.3 is 14.2 Å². The molecule has 6 nitrogen and oxygen atoms in total. The molecular weight excluding hydrogens is 745 g/mol. The van der Waals surface area contributed by atoms with E-state index in [1.54, 1.807) is 0 Å². The second-order valence-electron chi connectivity index (χ2n) is 18.2. The van der Waals surface area contributed by atoms with E-state index in [0.29, 0.717) is 19.3 Å². The topological polar surface area (TPSA) is 78.9 Å². The standard InChI is InChI=1S/C54H102O6/c1-4-7-10-13-16-19-22-24-26-27-28-29-31-32-35-38-41-44-47-53(56)59-50-51(49-58-52(55)46-43-40-37-34-21-18-15-12-9-6-3)60-54(57)48-45-42-39-36-33-30-25-23-20-17-14-11-8-5-2/h23,25,51H,4-22,24,26-50H2,1-3H3/b25-23-/t51-/m1/s1. The van der Waals surface area contributed by atoms with Gasteiger partial charge in [0.15, 0.2) is 6.10 Å². The number of carbonyl (C=O) groups is 3. The van der Waals surface area contributed by atoms with Gasteiger partial charge in [0, 0.05) is 19.3 Å². The van der Waals surface area contributed by atoms with Crippen LogP contribution in [0.15, 0.2) is 12.2 Å². The maximum atomic E-state index is 12.8. The van der Waals surface area contributed by atoms with Gasteiger partial charge in [-0.05, 0) is 44.9 Å². The van der Waals surface area contributed by atoms with Gasteiger partial charge >= 0.3 is 17.9 Å². The van der Waals surface area contributed by atoms with Gasteiger partial charge in [-0.25, -0.2) is 0 Å². The van der Waals surface area contributed by atoms with E-state index in [0.717, 1.165) is 64.2 Å². The normalized spacial score (nSPS) is 12.0. The van der Waals surface area contributed by atoms with Crippen LogP contribution in [0.3, 0.4) is 0 Å². The Balaban J connectivity index is 4.27. The van der Waals surface area contributed by atoms with E-state index in [2.05, 4.69) is 32.9 Å². The number of hydrogen-bond acceptors (Lipinski definition) is 6. The van der Waals surface area contributed by atoms with Gasteiger partial charge in [0.25, 0.3) is 0 Å². The van der Waals surface area contributed by atoms with E-state index in [4.69, 9.17) is 14.2 Å². The number of carbonyl (C=O) groups excluding carboxylic acids is 3. The van der Waals surface area contributed by atoms with Crippen molar-refractivity contribution in [3.05, 3.63) is 12.2 Å². The van der Waals surface area contributed by atoms with E-state index in [-0.39, 0.29) is 31.1 Å². The summed E-state index contributed by atoms with van der Waals surface area (Å²) in [5.41, 5.74) is 0. The molecule has 0 spiro atoms. The van der Waals surface area contributed by atoms with E-state index >= 15 is 0 Å². The predicted octanol–water partition coefficient (Wildman–Crippen LogP) is 17.4. The molecule has 0 radical (unpaired) electrons. The van der Waals surface area contributed by atoms with E-state index < -0.39 is 6.10 Å². The van der Waals surface area contributed by atoms with Crippen LogP contribution in [-0.2, 0) is 28.6 Å². The van der Waals surface area contributed by atoms with Gasteiger partial charge in [0.1, 0.15) is 13.2 Å². The first-order valence-corrected chi connectivity index (χ1v) is 26.7. The minimum absolute atomic E-state index is 0.0680. The fraction of sp³-hybridized carbons (Fsp3) is 0.907. The number of allylic oxidation sites excluding steroid dienone is 2. The van der Waals surface area contributed by atoms with Crippen LogP contribution < -0.4 is 0 Å². The zero-order valence-electron chi connectivity index (χ0n) is 40.5. The molecule has 0 aromatic rings. The van der Waals surface area contributed by atoms with E-state index in [9.17, 15) is 14.4 Å². The van der Waals surface area contributed by atoms with Crippen LogP contribution in [0, 0.1) is 0 Å². The monoisotopic (exact) mass is 847 g/mol. The summed E-state index contributed by atoms with van der Waals surface area (Å²) in [6.07, 6.45) is 54.8. The molecule has 0 fully saturated rings. The Morgan fingerprint density at radius 3 is 0.833 bits per heavy atom. The summed E-state index contributed by atoms with van der Waals surface area (Å²) < 4.78 is 16.8. The molecule has 0 unspecified atom stereocenters. The van der Waals surface area contributed by atoms with Crippen molar-refractivity contribution < 1.29 is 28.6 Å². The molecule has 6 heteroatoms. The molecule has 1 atom stereocenters. The summed E-state index contributed by atoms with van der Waals surface area (Å²) in [5.74, 6) is -0.860. The molecule has 0 bridgehead atoms. The molecule has 0 aliphatic rings. The molecule has 60 heavy (non-hydrogen) atoms. The average Bonchev–Trinajstić information content (AvgIpc) is 3.24. The van der Waals surface area contributed by atoms with Crippen molar-refractivity contribution in [2.24, 2.45) is 0 Å². The van der Waals surface area contributed by atoms with Crippen LogP contribution in [0.2, 0.25) is 0 Å². The number of ether oxygens (including phenoxy) is 3. The van der Waals surface area contributed by atoms with Crippen LogP contribution in [0.5, 0.6) is 0 Å². The summed E-state index contributed by atoms with van der Waals surface area (Å²) in [6, 6.07) is 0. The molecule has 0 aromatic carbocycles. The maximum absolute atomic E-state index is 12.8. The Kier molecular flexibility index (Phi) is 48.3. The van der Waals surface area contributed by atoms with Crippen molar-refractivity contribution in [3.63, 3.8) is 0 Å². The number of esters is 3. The van der Waals surface area contributed by atoms with Crippen LogP contribution in [-0.4, -0.2) is 37.2 Å². The first-order valence-electron chi connectivity index (χ1n) is 26.7. The molecule has 0 aromatic heterocycles. The quantitative estimate of drug-likeness (QED) is 0.0263. The lowest BCUT2D eigenvalue weighted by atomic mass is 10.0. The van der Waals surface area contributed by atoms with Gasteiger partial charge in [-0.2, -0.15) is 0 Å². The van der Waals surface area contributed by atoms with Gasteiger partial charge in [0.2, 0.25) is 0 Å². The third kappa shape index (κ3) is 47.2. The van der Waals surface area contributed by atoms with Gasteiger partial charge in [-0.3, -0.25) is 14.4 Å². The minimum Gasteiger partial charge on any atom is -0.462 e. The van der Waals surface area contributed by atoms with Gasteiger partial charge in [0.05, 0.1) is 0 Å². The van der Waals surface area contributed by atoms with Crippen LogP contribution in [0.25, 0.3) is 0 Å². The zero-order chi connectivity index (χ0) is 43.7. The Morgan fingerprint density at radius 2 is 0.550 bits per heavy atom. The molecule has 0 N–H and O–H groups in total. The molecule has 0 aliphatic heterocycles. The molecule has 0 amide bonds. The van der Waals surface area contributed by atoms with Gasteiger partial charge in [-0.1, -0.05) is 245 Å². The smallest absolute Gasteiger partial charge is 0.306 e. The molecule has 0 saturated carbocycles. The molecule has 354 valence electrons. The van der Waals surface area contributed by atoms with Crippen molar-refractivity contribution in [1.82, 2.24) is 0 Å². The molecular formula is C54H102O6. The Bertz CT molecular complexity index is 931. The Hall–Kier alpha value is -1.85. The van der Waals surface area contributed by atoms with Crippen LogP contribution >= 0.6 is 0 Å². The second-order valence-corrected chi connectivity index (χ2v) is 18.2. The lowest BCUT2D eigenvalue weighted by Gasteiger charge is -2.18. The van der Waals surface area contributed by atoms with Gasteiger partial charge in [-0.15, -0.1) is 0 Å². The highest BCUT2D eigenvalue weighted by Gasteiger charge is 2.19. The van der Waals surface area contributed by atoms with Crippen molar-refractivity contribution in [3.8, 4) is 0 Å². The van der Waals surface area contributed by atoms with Crippen molar-refractivity contribution in [2.75, 3.05) is 13.2 Å². The first kappa shape index (κ1) is 58.1. The first-order chi connectivity index (χ1) is 29.5. The van der Waals surface area contributed by atoms with Crippen LogP contribution in [0.1, 0.15) is 297 Å². The average molecular weight is 847 g/mol. The SMILES string of the molecule is CCCCCCC/C=C\CCCCCCCC(=O)O[C@H](COC(=O)CCCCCCCCCCCC)COC(=O)CCCCCCCCCCCCCCCCCCCC. The van der Waals surface area contributed by atoms with Crippen molar-refractivity contribution in [1.29, 1.82) is 0 Å². The number of hydrogen-bond donors (Lipinski definition) is 0. The highest BCUT2D eigenvalue weighted by Crippen LogP contribution is 2.16.